The molecule has 7 heteroatoms. The van der Waals surface area contributed by atoms with Gasteiger partial charge in [-0.3, -0.25) is 4.79 Å². The van der Waals surface area contributed by atoms with Gasteiger partial charge in [-0.15, -0.1) is 0 Å². The molecule has 3 aliphatic rings. The van der Waals surface area contributed by atoms with E-state index < -0.39 is 0 Å². The summed E-state index contributed by atoms with van der Waals surface area (Å²) in [7, 11) is 1.54. The van der Waals surface area contributed by atoms with Gasteiger partial charge in [-0.05, 0) is 80.3 Å². The number of benzene rings is 2. The van der Waals surface area contributed by atoms with Gasteiger partial charge in [0, 0.05) is 47.3 Å². The number of anilines is 1. The van der Waals surface area contributed by atoms with Crippen LogP contribution >= 0.6 is 0 Å². The van der Waals surface area contributed by atoms with Crippen LogP contribution in [0, 0.1) is 27.6 Å². The average molecular weight is 546 g/mol. The molecule has 1 saturated heterocycles. The van der Waals surface area contributed by atoms with Crippen LogP contribution in [0.1, 0.15) is 82.1 Å². The van der Waals surface area contributed by atoms with Crippen LogP contribution in [0.2, 0.25) is 0 Å². The first-order valence-corrected chi connectivity index (χ1v) is 14.6. The minimum atomic E-state index is -0.310. The van der Waals surface area contributed by atoms with Crippen molar-refractivity contribution in [2.75, 3.05) is 25.1 Å². The number of amides is 1. The van der Waals surface area contributed by atoms with Gasteiger partial charge in [-0.25, -0.2) is 0 Å². The molecule has 0 aromatic heterocycles. The van der Waals surface area contributed by atoms with Crippen LogP contribution < -0.4 is 19.7 Å². The third-order valence-corrected chi connectivity index (χ3v) is 9.83. The molecule has 0 atom stereocenters. The van der Waals surface area contributed by atoms with E-state index in [-0.39, 0.29) is 35.0 Å². The SMILES string of the molecule is COc1cc(OC2C(C)(C)C(NC(=O)c3ccc(N4CCCC5(CCC(O)CC5)C4)cc3)C2(C)C)ccc1C#N. The number of hydrogen-bond donors (Lipinski definition) is 2. The monoisotopic (exact) mass is 545 g/mol. The Balaban J connectivity index is 1.23. The first kappa shape index (κ1) is 28.3. The molecule has 214 valence electrons. The summed E-state index contributed by atoms with van der Waals surface area (Å²) in [5, 5.41) is 22.6. The molecule has 7 nitrogen and oxygen atoms in total. The van der Waals surface area contributed by atoms with E-state index in [1.165, 1.54) is 12.8 Å². The first-order chi connectivity index (χ1) is 19.0. The van der Waals surface area contributed by atoms with Crippen LogP contribution in [0.25, 0.3) is 0 Å². The number of piperidine rings is 1. The van der Waals surface area contributed by atoms with Crippen molar-refractivity contribution in [3.8, 4) is 17.6 Å². The van der Waals surface area contributed by atoms with Crippen LogP contribution in [0.3, 0.4) is 0 Å². The third-order valence-electron chi connectivity index (χ3n) is 9.83. The lowest BCUT2D eigenvalue weighted by Gasteiger charge is -2.63. The number of nitrogens with zero attached hydrogens (tertiary/aromatic N) is 2. The zero-order valence-electron chi connectivity index (χ0n) is 24.5. The second-order valence-electron chi connectivity index (χ2n) is 13.3. The van der Waals surface area contributed by atoms with Gasteiger partial charge >= 0.3 is 0 Å². The highest BCUT2D eigenvalue weighted by atomic mass is 16.5. The minimum absolute atomic E-state index is 0.0763. The summed E-state index contributed by atoms with van der Waals surface area (Å²) < 4.78 is 11.8. The summed E-state index contributed by atoms with van der Waals surface area (Å²) in [4.78, 5) is 15.8. The second kappa shape index (κ2) is 10.6. The maximum atomic E-state index is 13.4. The van der Waals surface area contributed by atoms with Crippen molar-refractivity contribution in [3.63, 3.8) is 0 Å². The van der Waals surface area contributed by atoms with Crippen molar-refractivity contribution in [2.45, 2.75) is 84.5 Å². The minimum Gasteiger partial charge on any atom is -0.495 e. The number of aliphatic hydroxyl groups excluding tert-OH is 1. The highest BCUT2D eigenvalue weighted by Crippen LogP contribution is 2.55. The van der Waals surface area contributed by atoms with Gasteiger partial charge in [-0.2, -0.15) is 5.26 Å². The largest absolute Gasteiger partial charge is 0.495 e. The summed E-state index contributed by atoms with van der Waals surface area (Å²) in [6, 6.07) is 15.3. The lowest BCUT2D eigenvalue weighted by molar-refractivity contribution is -0.164. The summed E-state index contributed by atoms with van der Waals surface area (Å²) >= 11 is 0. The molecule has 2 N–H and O–H groups in total. The summed E-state index contributed by atoms with van der Waals surface area (Å²) in [6.45, 7) is 10.5. The van der Waals surface area contributed by atoms with Crippen molar-refractivity contribution in [1.29, 1.82) is 5.26 Å². The number of carbonyl (C=O) groups is 1. The Bertz CT molecular complexity index is 1260. The Morgan fingerprint density at radius 1 is 1.05 bits per heavy atom. The van der Waals surface area contributed by atoms with Gasteiger partial charge in [0.2, 0.25) is 0 Å². The van der Waals surface area contributed by atoms with Gasteiger partial charge in [0.15, 0.2) is 0 Å². The van der Waals surface area contributed by atoms with Crippen molar-refractivity contribution >= 4 is 11.6 Å². The van der Waals surface area contributed by atoms with Crippen molar-refractivity contribution in [1.82, 2.24) is 5.32 Å². The highest BCUT2D eigenvalue weighted by molar-refractivity contribution is 5.95. The third kappa shape index (κ3) is 5.14. The predicted octanol–water partition coefficient (Wildman–Crippen LogP) is 5.70. The van der Waals surface area contributed by atoms with Crippen LogP contribution in [-0.2, 0) is 0 Å². The molecule has 1 aliphatic heterocycles. The van der Waals surface area contributed by atoms with Crippen molar-refractivity contribution in [3.05, 3.63) is 53.6 Å². The fourth-order valence-corrected chi connectivity index (χ4v) is 7.86. The molecule has 0 unspecified atom stereocenters. The molecule has 0 radical (unpaired) electrons. The van der Waals surface area contributed by atoms with Crippen molar-refractivity contribution in [2.24, 2.45) is 16.2 Å². The van der Waals surface area contributed by atoms with E-state index in [0.717, 1.165) is 44.5 Å². The zero-order chi connectivity index (χ0) is 28.7. The lowest BCUT2D eigenvalue weighted by atomic mass is 9.49. The van der Waals surface area contributed by atoms with Crippen LogP contribution in [0.5, 0.6) is 11.5 Å². The van der Waals surface area contributed by atoms with E-state index in [4.69, 9.17) is 9.47 Å². The number of nitrogens with one attached hydrogen (secondary N) is 1. The van der Waals surface area contributed by atoms with Crippen molar-refractivity contribution < 1.29 is 19.4 Å². The molecule has 2 saturated carbocycles. The normalized spacial score (nSPS) is 25.0. The number of carbonyl (C=O) groups excluding carboxylic acids is 1. The van der Waals surface area contributed by atoms with Crippen LogP contribution in [0.15, 0.2) is 42.5 Å². The Morgan fingerprint density at radius 3 is 2.35 bits per heavy atom. The number of aliphatic hydroxyl groups is 1. The number of nitriles is 1. The predicted molar refractivity (Wildman–Crippen MR) is 156 cm³/mol. The van der Waals surface area contributed by atoms with Gasteiger partial charge < -0.3 is 24.8 Å². The average Bonchev–Trinajstić information content (AvgIpc) is 2.96. The molecule has 1 amide bonds. The molecular formula is C33H43N3O4. The molecule has 5 rings (SSSR count). The van der Waals surface area contributed by atoms with E-state index in [2.05, 4.69) is 56.1 Å². The van der Waals surface area contributed by atoms with Crippen LogP contribution in [-0.4, -0.2) is 49.5 Å². The molecule has 1 spiro atoms. The molecule has 0 bridgehead atoms. The van der Waals surface area contributed by atoms with Gasteiger partial charge in [0.05, 0.1) is 18.8 Å². The molecule has 3 fully saturated rings. The lowest BCUT2D eigenvalue weighted by Crippen LogP contribution is -2.74. The molecule has 40 heavy (non-hydrogen) atoms. The Morgan fingerprint density at radius 2 is 1.73 bits per heavy atom. The Kier molecular flexibility index (Phi) is 7.52. The number of hydrogen-bond acceptors (Lipinski definition) is 6. The highest BCUT2D eigenvalue weighted by Gasteiger charge is 2.64. The molecule has 2 aromatic carbocycles. The number of methoxy groups -OCH3 is 1. The fraction of sp³-hybridized carbons (Fsp3) is 0.576. The number of rotatable bonds is 6. The summed E-state index contributed by atoms with van der Waals surface area (Å²) in [5.41, 5.74) is 1.98. The molecule has 2 aliphatic carbocycles. The quantitative estimate of drug-likeness (QED) is 0.484. The smallest absolute Gasteiger partial charge is 0.251 e. The van der Waals surface area contributed by atoms with E-state index in [9.17, 15) is 15.2 Å². The fourth-order valence-electron chi connectivity index (χ4n) is 7.86. The second-order valence-corrected chi connectivity index (χ2v) is 13.3. The van der Waals surface area contributed by atoms with E-state index in [1.54, 1.807) is 25.3 Å². The maximum absolute atomic E-state index is 13.4. The van der Waals surface area contributed by atoms with Gasteiger partial charge in [0.1, 0.15) is 23.7 Å². The summed E-state index contributed by atoms with van der Waals surface area (Å²) in [5.74, 6) is 1.05. The molecular weight excluding hydrogens is 502 g/mol. The van der Waals surface area contributed by atoms with E-state index in [0.29, 0.717) is 28.0 Å². The van der Waals surface area contributed by atoms with E-state index in [1.807, 2.05) is 12.1 Å². The van der Waals surface area contributed by atoms with Gasteiger partial charge in [-0.1, -0.05) is 27.7 Å². The number of ether oxygens (including phenoxy) is 2. The molecule has 1 heterocycles. The van der Waals surface area contributed by atoms with Crippen LogP contribution in [0.4, 0.5) is 5.69 Å². The maximum Gasteiger partial charge on any atom is 0.251 e. The standard InChI is InChI=1S/C33H43N3O4/c1-31(2)29(32(3,4)30(31)40-26-12-9-23(20-34)27(19-26)39-5)35-28(38)22-7-10-24(11-8-22)36-18-6-15-33(21-36)16-13-25(37)14-17-33/h7-12,19,25,29-30,37H,6,13-18,21H2,1-5H3,(H,35,38). The van der Waals surface area contributed by atoms with E-state index >= 15 is 0 Å². The topological polar surface area (TPSA) is 94.8 Å². The van der Waals surface area contributed by atoms with Gasteiger partial charge in [0.25, 0.3) is 5.91 Å². The first-order valence-electron chi connectivity index (χ1n) is 14.6. The Hall–Kier alpha value is -3.24. The Labute approximate surface area is 238 Å². The zero-order valence-corrected chi connectivity index (χ0v) is 24.5. The summed E-state index contributed by atoms with van der Waals surface area (Å²) in [6.07, 6.45) is 6.16. The molecule has 2 aromatic rings.